The number of hydrogen-bond acceptors (Lipinski definition) is 2. The van der Waals surface area contributed by atoms with E-state index >= 15 is 0 Å². The predicted octanol–water partition coefficient (Wildman–Crippen LogP) is 4.15. The molecule has 1 aromatic carbocycles. The van der Waals surface area contributed by atoms with Crippen LogP contribution in [0.3, 0.4) is 0 Å². The summed E-state index contributed by atoms with van der Waals surface area (Å²) in [5, 5.41) is 4.51. The average molecular weight is 245 g/mol. The fourth-order valence-corrected chi connectivity index (χ4v) is 2.15. The largest absolute Gasteiger partial charge is 0.459 e. The predicted molar refractivity (Wildman–Crippen MR) is 77.0 cm³/mol. The molecule has 2 nitrogen and oxygen atoms in total. The highest BCUT2D eigenvalue weighted by atomic mass is 16.3. The van der Waals surface area contributed by atoms with Crippen LogP contribution in [0.25, 0.3) is 11.0 Å². The van der Waals surface area contributed by atoms with Crippen molar-refractivity contribution >= 4 is 11.0 Å². The second kappa shape index (κ2) is 4.77. The van der Waals surface area contributed by atoms with Gasteiger partial charge in [0.2, 0.25) is 0 Å². The molecule has 0 spiro atoms. The van der Waals surface area contributed by atoms with Crippen molar-refractivity contribution in [2.24, 2.45) is 0 Å². The highest BCUT2D eigenvalue weighted by Gasteiger charge is 2.16. The van der Waals surface area contributed by atoms with E-state index in [1.807, 2.05) is 0 Å². The van der Waals surface area contributed by atoms with Crippen molar-refractivity contribution in [3.05, 3.63) is 35.1 Å². The van der Waals surface area contributed by atoms with Crippen LogP contribution >= 0.6 is 0 Å². The fraction of sp³-hybridized carbons (Fsp3) is 0.500. The van der Waals surface area contributed by atoms with Crippen LogP contribution in [0, 0.1) is 6.92 Å². The maximum Gasteiger partial charge on any atom is 0.137 e. The van der Waals surface area contributed by atoms with Crippen LogP contribution in [0.15, 0.2) is 22.6 Å². The van der Waals surface area contributed by atoms with Gasteiger partial charge in [0.25, 0.3) is 0 Å². The molecule has 98 valence electrons. The van der Waals surface area contributed by atoms with E-state index in [4.69, 9.17) is 4.42 Å². The summed E-state index contributed by atoms with van der Waals surface area (Å²) in [5.74, 6) is 1.01. The van der Waals surface area contributed by atoms with E-state index in [2.05, 4.69) is 58.1 Å². The van der Waals surface area contributed by atoms with Crippen molar-refractivity contribution in [2.45, 2.75) is 46.6 Å². The third kappa shape index (κ3) is 2.59. The van der Waals surface area contributed by atoms with Crippen molar-refractivity contribution in [2.75, 3.05) is 6.54 Å². The molecule has 0 amide bonds. The SMILES string of the molecule is CCNCc1cc2cc(C(C)(C)C)cc(C)c2o1. The summed E-state index contributed by atoms with van der Waals surface area (Å²) in [4.78, 5) is 0. The number of furan rings is 1. The maximum absolute atomic E-state index is 5.91. The topological polar surface area (TPSA) is 25.2 Å². The maximum atomic E-state index is 5.91. The minimum absolute atomic E-state index is 0.179. The van der Waals surface area contributed by atoms with Gasteiger partial charge in [-0.1, -0.05) is 33.8 Å². The van der Waals surface area contributed by atoms with E-state index in [-0.39, 0.29) is 5.41 Å². The lowest BCUT2D eigenvalue weighted by molar-refractivity contribution is 0.518. The summed E-state index contributed by atoms with van der Waals surface area (Å²) in [7, 11) is 0. The van der Waals surface area contributed by atoms with Crippen LogP contribution in [-0.4, -0.2) is 6.54 Å². The summed E-state index contributed by atoms with van der Waals surface area (Å²) in [6, 6.07) is 6.64. The quantitative estimate of drug-likeness (QED) is 0.878. The van der Waals surface area contributed by atoms with Gasteiger partial charge in [0.1, 0.15) is 11.3 Å². The molecule has 0 aliphatic heterocycles. The van der Waals surface area contributed by atoms with E-state index in [1.54, 1.807) is 0 Å². The van der Waals surface area contributed by atoms with Crippen LogP contribution in [0.5, 0.6) is 0 Å². The van der Waals surface area contributed by atoms with Gasteiger partial charge >= 0.3 is 0 Å². The van der Waals surface area contributed by atoms with Gasteiger partial charge in [-0.25, -0.2) is 0 Å². The van der Waals surface area contributed by atoms with Gasteiger partial charge in [-0.2, -0.15) is 0 Å². The molecule has 1 N–H and O–H groups in total. The lowest BCUT2D eigenvalue weighted by Gasteiger charge is -2.19. The molecule has 0 bridgehead atoms. The number of fused-ring (bicyclic) bond motifs is 1. The zero-order valence-corrected chi connectivity index (χ0v) is 12.1. The molecule has 2 heteroatoms. The molecule has 2 rings (SSSR count). The number of nitrogens with one attached hydrogen (secondary N) is 1. The van der Waals surface area contributed by atoms with E-state index in [1.165, 1.54) is 16.5 Å². The molecule has 18 heavy (non-hydrogen) atoms. The third-order valence-electron chi connectivity index (χ3n) is 3.27. The van der Waals surface area contributed by atoms with Gasteiger partial charge in [-0.15, -0.1) is 0 Å². The van der Waals surface area contributed by atoms with Crippen molar-refractivity contribution in [3.63, 3.8) is 0 Å². The minimum atomic E-state index is 0.179. The Labute approximate surface area is 109 Å². The molecule has 1 heterocycles. The third-order valence-corrected chi connectivity index (χ3v) is 3.27. The fourth-order valence-electron chi connectivity index (χ4n) is 2.15. The zero-order chi connectivity index (χ0) is 13.3. The minimum Gasteiger partial charge on any atom is -0.459 e. The Hall–Kier alpha value is -1.28. The highest BCUT2D eigenvalue weighted by molar-refractivity contribution is 5.82. The second-order valence-electron chi connectivity index (χ2n) is 5.95. The Balaban J connectivity index is 2.46. The standard InChI is InChI=1S/C16H23NO/c1-6-17-10-14-9-12-8-13(16(3,4)5)7-11(2)15(12)18-14/h7-9,17H,6,10H2,1-5H3. The van der Waals surface area contributed by atoms with Gasteiger partial charge in [0, 0.05) is 5.39 Å². The summed E-state index contributed by atoms with van der Waals surface area (Å²) >= 11 is 0. The van der Waals surface area contributed by atoms with Gasteiger partial charge in [-0.05, 0) is 42.1 Å². The Bertz CT molecular complexity index is 546. The molecule has 0 aliphatic rings. The zero-order valence-electron chi connectivity index (χ0n) is 12.1. The van der Waals surface area contributed by atoms with Crippen molar-refractivity contribution in [3.8, 4) is 0 Å². The summed E-state index contributed by atoms with van der Waals surface area (Å²) in [6.07, 6.45) is 0. The lowest BCUT2D eigenvalue weighted by Crippen LogP contribution is -2.11. The van der Waals surface area contributed by atoms with Gasteiger partial charge in [0.15, 0.2) is 0 Å². The van der Waals surface area contributed by atoms with Crippen LogP contribution in [-0.2, 0) is 12.0 Å². The summed E-state index contributed by atoms with van der Waals surface area (Å²) < 4.78 is 5.91. The summed E-state index contributed by atoms with van der Waals surface area (Å²) in [5.41, 5.74) is 3.79. The Kier molecular flexibility index (Phi) is 3.49. The van der Waals surface area contributed by atoms with Crippen molar-refractivity contribution in [1.82, 2.24) is 5.32 Å². The molecule has 0 aliphatic carbocycles. The smallest absolute Gasteiger partial charge is 0.137 e. The molecule has 0 saturated heterocycles. The van der Waals surface area contributed by atoms with E-state index in [0.717, 1.165) is 24.4 Å². The second-order valence-corrected chi connectivity index (χ2v) is 5.95. The van der Waals surface area contributed by atoms with Crippen LogP contribution in [0.4, 0.5) is 0 Å². The van der Waals surface area contributed by atoms with Crippen LogP contribution in [0.1, 0.15) is 44.6 Å². The van der Waals surface area contributed by atoms with Crippen molar-refractivity contribution < 1.29 is 4.42 Å². The first-order chi connectivity index (χ1) is 8.41. The van der Waals surface area contributed by atoms with E-state index in [9.17, 15) is 0 Å². The molecular weight excluding hydrogens is 222 g/mol. The molecule has 2 aromatic rings. The number of benzene rings is 1. The first-order valence-electron chi connectivity index (χ1n) is 6.66. The van der Waals surface area contributed by atoms with Crippen LogP contribution < -0.4 is 5.32 Å². The molecule has 0 atom stereocenters. The Morgan fingerprint density at radius 2 is 1.89 bits per heavy atom. The Morgan fingerprint density at radius 1 is 1.17 bits per heavy atom. The first-order valence-corrected chi connectivity index (χ1v) is 6.66. The monoisotopic (exact) mass is 245 g/mol. The van der Waals surface area contributed by atoms with E-state index < -0.39 is 0 Å². The van der Waals surface area contributed by atoms with Gasteiger partial charge in [0.05, 0.1) is 6.54 Å². The van der Waals surface area contributed by atoms with Gasteiger partial charge < -0.3 is 9.73 Å². The molecular formula is C16H23NO. The molecule has 0 saturated carbocycles. The summed E-state index contributed by atoms with van der Waals surface area (Å²) in [6.45, 7) is 12.7. The molecule has 1 aromatic heterocycles. The van der Waals surface area contributed by atoms with Crippen LogP contribution in [0.2, 0.25) is 0 Å². The normalized spacial score (nSPS) is 12.3. The molecule has 0 fully saturated rings. The number of aryl methyl sites for hydroxylation is 1. The number of rotatable bonds is 3. The molecule has 0 unspecified atom stereocenters. The average Bonchev–Trinajstić information content (AvgIpc) is 2.68. The highest BCUT2D eigenvalue weighted by Crippen LogP contribution is 2.30. The molecule has 0 radical (unpaired) electrons. The Morgan fingerprint density at radius 3 is 2.50 bits per heavy atom. The number of hydrogen-bond donors (Lipinski definition) is 1. The first kappa shape index (κ1) is 13.2. The van der Waals surface area contributed by atoms with E-state index in [0.29, 0.717) is 0 Å². The van der Waals surface area contributed by atoms with Gasteiger partial charge in [-0.3, -0.25) is 0 Å². The van der Waals surface area contributed by atoms with Crippen molar-refractivity contribution in [1.29, 1.82) is 0 Å². The lowest BCUT2D eigenvalue weighted by atomic mass is 9.85.